The molecule has 3 atom stereocenters. The molecular formula is C15H25N3O. The molecule has 0 saturated heterocycles. The maximum absolute atomic E-state index is 12.4. The fraction of sp³-hybridized carbons (Fsp3) is 0.667. The van der Waals surface area contributed by atoms with Crippen LogP contribution in [-0.4, -0.2) is 16.5 Å². The number of carbonyl (C=O) groups excluding carboxylic acids is 1. The van der Waals surface area contributed by atoms with E-state index in [0.717, 1.165) is 6.42 Å². The van der Waals surface area contributed by atoms with Gasteiger partial charge in [-0.15, -0.1) is 0 Å². The van der Waals surface area contributed by atoms with Crippen LogP contribution in [0.2, 0.25) is 0 Å². The SMILES string of the molecule is CC1CCC(NC(=O)c2cc(N)cn2C(C)C)C1C. The normalized spacial score (nSPS) is 26.9. The largest absolute Gasteiger partial charge is 0.397 e. The van der Waals surface area contributed by atoms with Crippen LogP contribution < -0.4 is 11.1 Å². The van der Waals surface area contributed by atoms with Gasteiger partial charge in [0, 0.05) is 18.3 Å². The summed E-state index contributed by atoms with van der Waals surface area (Å²) < 4.78 is 1.94. The van der Waals surface area contributed by atoms with E-state index < -0.39 is 0 Å². The van der Waals surface area contributed by atoms with Gasteiger partial charge < -0.3 is 15.6 Å². The van der Waals surface area contributed by atoms with Gasteiger partial charge in [0.1, 0.15) is 5.69 Å². The summed E-state index contributed by atoms with van der Waals surface area (Å²) in [7, 11) is 0. The zero-order valence-electron chi connectivity index (χ0n) is 12.3. The summed E-state index contributed by atoms with van der Waals surface area (Å²) in [5, 5.41) is 3.17. The lowest BCUT2D eigenvalue weighted by Crippen LogP contribution is -2.38. The minimum absolute atomic E-state index is 0.00338. The van der Waals surface area contributed by atoms with Crippen molar-refractivity contribution in [2.24, 2.45) is 11.8 Å². The molecule has 0 aromatic carbocycles. The quantitative estimate of drug-likeness (QED) is 0.881. The fourth-order valence-corrected chi connectivity index (χ4v) is 2.92. The maximum Gasteiger partial charge on any atom is 0.268 e. The molecule has 1 fully saturated rings. The third-order valence-corrected chi connectivity index (χ3v) is 4.44. The Morgan fingerprint density at radius 1 is 1.42 bits per heavy atom. The third kappa shape index (κ3) is 2.77. The van der Waals surface area contributed by atoms with Crippen molar-refractivity contribution in [1.82, 2.24) is 9.88 Å². The number of hydrogen-bond donors (Lipinski definition) is 2. The van der Waals surface area contributed by atoms with Gasteiger partial charge in [-0.25, -0.2) is 0 Å². The van der Waals surface area contributed by atoms with Gasteiger partial charge in [-0.05, 0) is 44.6 Å². The summed E-state index contributed by atoms with van der Waals surface area (Å²) in [6.07, 6.45) is 4.10. The fourth-order valence-electron chi connectivity index (χ4n) is 2.92. The summed E-state index contributed by atoms with van der Waals surface area (Å²) in [5.41, 5.74) is 7.12. The van der Waals surface area contributed by atoms with Crippen molar-refractivity contribution in [3.63, 3.8) is 0 Å². The first-order chi connectivity index (χ1) is 8.90. The van der Waals surface area contributed by atoms with Crippen LogP contribution in [-0.2, 0) is 0 Å². The lowest BCUT2D eigenvalue weighted by molar-refractivity contribution is 0.0916. The lowest BCUT2D eigenvalue weighted by atomic mass is 9.98. The highest BCUT2D eigenvalue weighted by atomic mass is 16.2. The second kappa shape index (κ2) is 5.27. The molecule has 0 aliphatic heterocycles. The average molecular weight is 263 g/mol. The van der Waals surface area contributed by atoms with Gasteiger partial charge in [-0.1, -0.05) is 13.8 Å². The summed E-state index contributed by atoms with van der Waals surface area (Å²) in [6, 6.07) is 2.29. The predicted molar refractivity (Wildman–Crippen MR) is 78.0 cm³/mol. The van der Waals surface area contributed by atoms with Gasteiger partial charge in [0.15, 0.2) is 0 Å². The molecular weight excluding hydrogens is 238 g/mol. The van der Waals surface area contributed by atoms with E-state index in [-0.39, 0.29) is 11.9 Å². The zero-order valence-corrected chi connectivity index (χ0v) is 12.3. The number of carbonyl (C=O) groups is 1. The van der Waals surface area contributed by atoms with Crippen molar-refractivity contribution in [2.75, 3.05) is 5.73 Å². The van der Waals surface area contributed by atoms with Crippen LogP contribution in [0.25, 0.3) is 0 Å². The molecule has 1 aliphatic carbocycles. The summed E-state index contributed by atoms with van der Waals surface area (Å²) >= 11 is 0. The molecule has 3 N–H and O–H groups in total. The van der Waals surface area contributed by atoms with Crippen molar-refractivity contribution >= 4 is 11.6 Å². The molecule has 4 heteroatoms. The van der Waals surface area contributed by atoms with E-state index >= 15 is 0 Å². The molecule has 4 nitrogen and oxygen atoms in total. The molecule has 0 bridgehead atoms. The first-order valence-electron chi connectivity index (χ1n) is 7.18. The Labute approximate surface area is 115 Å². The minimum atomic E-state index is -0.00338. The van der Waals surface area contributed by atoms with E-state index in [4.69, 9.17) is 5.73 Å². The van der Waals surface area contributed by atoms with Gasteiger partial charge in [-0.3, -0.25) is 4.79 Å². The molecule has 1 heterocycles. The van der Waals surface area contributed by atoms with E-state index in [0.29, 0.717) is 29.3 Å². The van der Waals surface area contributed by atoms with E-state index in [2.05, 4.69) is 33.0 Å². The second-order valence-corrected chi connectivity index (χ2v) is 6.15. The number of nitrogen functional groups attached to an aromatic ring is 1. The maximum atomic E-state index is 12.4. The van der Waals surface area contributed by atoms with Gasteiger partial charge in [0.2, 0.25) is 0 Å². The average Bonchev–Trinajstić information content (AvgIpc) is 2.87. The van der Waals surface area contributed by atoms with Crippen molar-refractivity contribution in [1.29, 1.82) is 0 Å². The van der Waals surface area contributed by atoms with Crippen LogP contribution in [0.1, 0.15) is 57.1 Å². The topological polar surface area (TPSA) is 60.1 Å². The van der Waals surface area contributed by atoms with E-state index in [1.165, 1.54) is 6.42 Å². The molecule has 1 amide bonds. The molecule has 1 aromatic rings. The molecule has 106 valence electrons. The smallest absolute Gasteiger partial charge is 0.268 e. The van der Waals surface area contributed by atoms with Crippen LogP contribution in [0.5, 0.6) is 0 Å². The van der Waals surface area contributed by atoms with Crippen LogP contribution in [0.4, 0.5) is 5.69 Å². The standard InChI is InChI=1S/C15H25N3O/c1-9(2)18-8-12(16)7-14(18)15(19)17-13-6-5-10(3)11(13)4/h7-11,13H,5-6,16H2,1-4H3,(H,17,19). The van der Waals surface area contributed by atoms with Crippen molar-refractivity contribution < 1.29 is 4.79 Å². The van der Waals surface area contributed by atoms with E-state index in [1.54, 1.807) is 6.07 Å². The lowest BCUT2D eigenvalue weighted by Gasteiger charge is -2.20. The highest BCUT2D eigenvalue weighted by Gasteiger charge is 2.31. The van der Waals surface area contributed by atoms with E-state index in [9.17, 15) is 4.79 Å². The summed E-state index contributed by atoms with van der Waals surface area (Å²) in [4.78, 5) is 12.4. The van der Waals surface area contributed by atoms with Crippen LogP contribution in [0, 0.1) is 11.8 Å². The van der Waals surface area contributed by atoms with E-state index in [1.807, 2.05) is 10.8 Å². The Balaban J connectivity index is 2.12. The number of anilines is 1. The number of aromatic nitrogens is 1. The van der Waals surface area contributed by atoms with Crippen LogP contribution in [0.3, 0.4) is 0 Å². The first-order valence-corrected chi connectivity index (χ1v) is 7.18. The molecule has 1 aliphatic rings. The summed E-state index contributed by atoms with van der Waals surface area (Å²) in [5.74, 6) is 1.23. The number of nitrogens with one attached hydrogen (secondary N) is 1. The Kier molecular flexibility index (Phi) is 3.88. The molecule has 2 rings (SSSR count). The molecule has 0 radical (unpaired) electrons. The van der Waals surface area contributed by atoms with Crippen molar-refractivity contribution in [3.8, 4) is 0 Å². The Morgan fingerprint density at radius 2 is 2.11 bits per heavy atom. The Morgan fingerprint density at radius 3 is 2.63 bits per heavy atom. The number of nitrogens with zero attached hydrogens (tertiary/aromatic N) is 1. The van der Waals surface area contributed by atoms with Gasteiger partial charge in [0.05, 0.1) is 5.69 Å². The monoisotopic (exact) mass is 263 g/mol. The van der Waals surface area contributed by atoms with Gasteiger partial charge in [-0.2, -0.15) is 0 Å². The van der Waals surface area contributed by atoms with Crippen molar-refractivity contribution in [2.45, 2.75) is 52.6 Å². The first kappa shape index (κ1) is 14.0. The number of nitrogens with two attached hydrogens (primary N) is 1. The second-order valence-electron chi connectivity index (χ2n) is 6.15. The third-order valence-electron chi connectivity index (χ3n) is 4.44. The summed E-state index contributed by atoms with van der Waals surface area (Å²) in [6.45, 7) is 8.58. The zero-order chi connectivity index (χ0) is 14.2. The molecule has 1 saturated carbocycles. The number of amides is 1. The highest BCUT2D eigenvalue weighted by molar-refractivity contribution is 5.94. The highest BCUT2D eigenvalue weighted by Crippen LogP contribution is 2.31. The Hall–Kier alpha value is -1.45. The molecule has 0 spiro atoms. The minimum Gasteiger partial charge on any atom is -0.397 e. The van der Waals surface area contributed by atoms with Crippen LogP contribution in [0.15, 0.2) is 12.3 Å². The van der Waals surface area contributed by atoms with Crippen molar-refractivity contribution in [3.05, 3.63) is 18.0 Å². The van der Waals surface area contributed by atoms with Gasteiger partial charge >= 0.3 is 0 Å². The Bertz CT molecular complexity index is 464. The predicted octanol–water partition coefficient (Wildman–Crippen LogP) is 2.82. The van der Waals surface area contributed by atoms with Gasteiger partial charge in [0.25, 0.3) is 5.91 Å². The molecule has 3 unspecified atom stereocenters. The molecule has 1 aromatic heterocycles. The number of hydrogen-bond acceptors (Lipinski definition) is 2. The van der Waals surface area contributed by atoms with Crippen LogP contribution >= 0.6 is 0 Å². The number of rotatable bonds is 3. The molecule has 19 heavy (non-hydrogen) atoms.